The Morgan fingerprint density at radius 3 is 2.03 bits per heavy atom. The largest absolute Gasteiger partial charge is 0.496 e. The molecule has 2 N–H and O–H groups in total. The van der Waals surface area contributed by atoms with Gasteiger partial charge in [0.05, 0.1) is 20.5 Å². The summed E-state index contributed by atoms with van der Waals surface area (Å²) in [6, 6.07) is 18.7. The van der Waals surface area contributed by atoms with E-state index in [4.69, 9.17) is 9.47 Å². The number of benzene rings is 3. The smallest absolute Gasteiger partial charge is 0.258 e. The average Bonchev–Trinajstić information content (AvgIpc) is 2.81. The molecule has 4 aromatic rings. The highest BCUT2D eigenvalue weighted by Gasteiger charge is 2.24. The zero-order valence-corrected chi connectivity index (χ0v) is 22.0. The van der Waals surface area contributed by atoms with Gasteiger partial charge in [-0.2, -0.15) is 0 Å². The molecule has 188 valence electrons. The van der Waals surface area contributed by atoms with E-state index in [1.54, 1.807) is 31.4 Å². The van der Waals surface area contributed by atoms with Crippen LogP contribution in [-0.4, -0.2) is 33.9 Å². The quantitative estimate of drug-likeness (QED) is 0.357. The third-order valence-electron chi connectivity index (χ3n) is 6.01. The summed E-state index contributed by atoms with van der Waals surface area (Å²) in [7, 11) is -0.187. The Morgan fingerprint density at radius 1 is 0.806 bits per heavy atom. The molecular formula is C28H30N2O5S. The van der Waals surface area contributed by atoms with Gasteiger partial charge in [0.1, 0.15) is 5.75 Å². The molecule has 3 aromatic carbocycles. The molecule has 0 aliphatic heterocycles. The highest BCUT2D eigenvalue weighted by Crippen LogP contribution is 2.43. The van der Waals surface area contributed by atoms with Gasteiger partial charge in [0, 0.05) is 22.2 Å². The fraction of sp³-hybridized carbons (Fsp3) is 0.250. The molecule has 7 nitrogen and oxygen atoms in total. The number of nitrogens with one attached hydrogen (secondary N) is 2. The maximum Gasteiger partial charge on any atom is 0.258 e. The SMILES string of the molecule is COc1ccc(-c2cc(C(C)(C)C)c(OC)c3cc(-c4ccc(NS(C)(=O)=O)cc4)ccc23)c(=O)[nH]1. The van der Waals surface area contributed by atoms with Crippen molar-refractivity contribution in [3.8, 4) is 33.9 Å². The number of ether oxygens (including phenoxy) is 2. The van der Waals surface area contributed by atoms with Gasteiger partial charge in [0.25, 0.3) is 5.56 Å². The van der Waals surface area contributed by atoms with Gasteiger partial charge in [-0.05, 0) is 63.9 Å². The van der Waals surface area contributed by atoms with Crippen LogP contribution in [0, 0.1) is 0 Å². The Hall–Kier alpha value is -3.78. The molecule has 1 heterocycles. The molecule has 0 radical (unpaired) electrons. The van der Waals surface area contributed by atoms with Crippen molar-refractivity contribution < 1.29 is 17.9 Å². The summed E-state index contributed by atoms with van der Waals surface area (Å²) >= 11 is 0. The van der Waals surface area contributed by atoms with Gasteiger partial charge in [0.2, 0.25) is 10.0 Å². The highest BCUT2D eigenvalue weighted by atomic mass is 32.2. The third kappa shape index (κ3) is 5.09. The number of methoxy groups -OCH3 is 2. The summed E-state index contributed by atoms with van der Waals surface area (Å²) in [5, 5.41) is 1.76. The van der Waals surface area contributed by atoms with Crippen molar-refractivity contribution in [2.24, 2.45) is 0 Å². The third-order valence-corrected chi connectivity index (χ3v) is 6.62. The monoisotopic (exact) mass is 506 g/mol. The summed E-state index contributed by atoms with van der Waals surface area (Å²) in [6.45, 7) is 6.32. The highest BCUT2D eigenvalue weighted by molar-refractivity contribution is 7.92. The lowest BCUT2D eigenvalue weighted by Crippen LogP contribution is -2.15. The zero-order valence-electron chi connectivity index (χ0n) is 21.2. The fourth-order valence-corrected chi connectivity index (χ4v) is 4.87. The minimum atomic E-state index is -3.35. The van der Waals surface area contributed by atoms with E-state index in [1.165, 1.54) is 7.11 Å². The minimum Gasteiger partial charge on any atom is -0.496 e. The van der Waals surface area contributed by atoms with E-state index in [0.29, 0.717) is 17.1 Å². The normalized spacial score (nSPS) is 11.9. The molecule has 4 rings (SSSR count). The van der Waals surface area contributed by atoms with Crippen LogP contribution in [-0.2, 0) is 15.4 Å². The van der Waals surface area contributed by atoms with Gasteiger partial charge in [-0.1, -0.05) is 45.0 Å². The van der Waals surface area contributed by atoms with E-state index in [0.717, 1.165) is 45.0 Å². The van der Waals surface area contributed by atoms with Gasteiger partial charge < -0.3 is 9.47 Å². The molecule has 0 saturated carbocycles. The molecular weight excluding hydrogens is 476 g/mol. The molecule has 0 saturated heterocycles. The molecule has 0 fully saturated rings. The van der Waals surface area contributed by atoms with E-state index in [1.807, 2.05) is 36.4 Å². The Balaban J connectivity index is 1.95. The van der Waals surface area contributed by atoms with Crippen LogP contribution in [0.2, 0.25) is 0 Å². The number of H-pyrrole nitrogens is 1. The minimum absolute atomic E-state index is 0.237. The molecule has 0 aliphatic rings. The Morgan fingerprint density at radius 2 is 1.47 bits per heavy atom. The van der Waals surface area contributed by atoms with Gasteiger partial charge in [-0.25, -0.2) is 8.42 Å². The van der Waals surface area contributed by atoms with Gasteiger partial charge >= 0.3 is 0 Å². The average molecular weight is 507 g/mol. The van der Waals surface area contributed by atoms with Crippen LogP contribution in [0.4, 0.5) is 5.69 Å². The van der Waals surface area contributed by atoms with Crippen molar-refractivity contribution in [1.29, 1.82) is 0 Å². The van der Waals surface area contributed by atoms with E-state index in [9.17, 15) is 13.2 Å². The standard InChI is InChI=1S/C28H30N2O5S/c1-28(2,3)24-16-22(21-13-14-25(34-4)29-27(21)31)20-12-9-18(15-23(20)26(24)35-5)17-7-10-19(11-8-17)30-36(6,32)33/h7-16,30H,1-6H3,(H,29,31). The number of fused-ring (bicyclic) bond motifs is 1. The van der Waals surface area contributed by atoms with Gasteiger partial charge in [-0.15, -0.1) is 0 Å². The maximum absolute atomic E-state index is 13.0. The summed E-state index contributed by atoms with van der Waals surface area (Å²) < 4.78 is 36.7. The van der Waals surface area contributed by atoms with Crippen LogP contribution in [0.25, 0.3) is 33.0 Å². The molecule has 1 aromatic heterocycles. The molecule has 0 spiro atoms. The number of pyridine rings is 1. The van der Waals surface area contributed by atoms with Gasteiger partial charge in [0.15, 0.2) is 5.88 Å². The summed E-state index contributed by atoms with van der Waals surface area (Å²) in [5.74, 6) is 1.15. The Bertz CT molecular complexity index is 1600. The van der Waals surface area contributed by atoms with Crippen molar-refractivity contribution in [2.75, 3.05) is 25.2 Å². The molecule has 0 unspecified atom stereocenters. The maximum atomic E-state index is 13.0. The number of hydrogen-bond donors (Lipinski definition) is 2. The second kappa shape index (κ2) is 9.35. The first kappa shape index (κ1) is 25.3. The van der Waals surface area contributed by atoms with Crippen LogP contribution >= 0.6 is 0 Å². The van der Waals surface area contributed by atoms with Crippen molar-refractivity contribution >= 4 is 26.5 Å². The van der Waals surface area contributed by atoms with Crippen molar-refractivity contribution in [1.82, 2.24) is 4.98 Å². The fourth-order valence-electron chi connectivity index (χ4n) is 4.31. The summed E-state index contributed by atoms with van der Waals surface area (Å²) in [6.07, 6.45) is 1.12. The summed E-state index contributed by atoms with van der Waals surface area (Å²) in [5.41, 5.74) is 4.19. The second-order valence-corrected chi connectivity index (χ2v) is 11.5. The number of aromatic nitrogens is 1. The number of anilines is 1. The van der Waals surface area contributed by atoms with Gasteiger partial charge in [-0.3, -0.25) is 14.5 Å². The lowest BCUT2D eigenvalue weighted by Gasteiger charge is -2.25. The van der Waals surface area contributed by atoms with E-state index in [-0.39, 0.29) is 11.0 Å². The van der Waals surface area contributed by atoms with Crippen LogP contribution in [0.5, 0.6) is 11.6 Å². The first-order valence-corrected chi connectivity index (χ1v) is 13.3. The molecule has 0 atom stereocenters. The zero-order chi connectivity index (χ0) is 26.3. The Kier molecular flexibility index (Phi) is 6.58. The van der Waals surface area contributed by atoms with Crippen molar-refractivity contribution in [2.45, 2.75) is 26.2 Å². The van der Waals surface area contributed by atoms with Crippen molar-refractivity contribution in [3.63, 3.8) is 0 Å². The van der Waals surface area contributed by atoms with Crippen LogP contribution < -0.4 is 19.8 Å². The number of rotatable bonds is 6. The lowest BCUT2D eigenvalue weighted by molar-refractivity contribution is 0.397. The number of sulfonamides is 1. The van der Waals surface area contributed by atoms with E-state index in [2.05, 4.69) is 30.5 Å². The van der Waals surface area contributed by atoms with Crippen LogP contribution in [0.15, 0.2) is 65.5 Å². The molecule has 0 amide bonds. The number of hydrogen-bond acceptors (Lipinski definition) is 5. The predicted molar refractivity (Wildman–Crippen MR) is 146 cm³/mol. The predicted octanol–water partition coefficient (Wildman–Crippen LogP) is 5.55. The Labute approximate surface area is 211 Å². The van der Waals surface area contributed by atoms with E-state index < -0.39 is 10.0 Å². The molecule has 8 heteroatoms. The van der Waals surface area contributed by atoms with Crippen LogP contribution in [0.3, 0.4) is 0 Å². The lowest BCUT2D eigenvalue weighted by atomic mass is 9.82. The van der Waals surface area contributed by atoms with E-state index >= 15 is 0 Å². The second-order valence-electron chi connectivity index (χ2n) is 9.74. The topological polar surface area (TPSA) is 97.5 Å². The number of aromatic amines is 1. The first-order valence-electron chi connectivity index (χ1n) is 11.4. The molecule has 36 heavy (non-hydrogen) atoms. The van der Waals surface area contributed by atoms with Crippen molar-refractivity contribution in [3.05, 3.63) is 76.6 Å². The van der Waals surface area contributed by atoms with Crippen LogP contribution in [0.1, 0.15) is 26.3 Å². The summed E-state index contributed by atoms with van der Waals surface area (Å²) in [4.78, 5) is 15.7. The molecule has 0 aliphatic carbocycles. The molecule has 0 bridgehead atoms. The first-order chi connectivity index (χ1) is 16.9.